The van der Waals surface area contributed by atoms with Gasteiger partial charge in [-0.15, -0.1) is 0 Å². The van der Waals surface area contributed by atoms with E-state index in [2.05, 4.69) is 17.2 Å². The first-order valence-electron chi connectivity index (χ1n) is 8.65. The number of pyridine rings is 1. The van der Waals surface area contributed by atoms with Crippen molar-refractivity contribution in [2.24, 2.45) is 0 Å². The van der Waals surface area contributed by atoms with E-state index in [-0.39, 0.29) is 5.91 Å². The van der Waals surface area contributed by atoms with E-state index in [1.54, 1.807) is 4.40 Å². The van der Waals surface area contributed by atoms with Crippen LogP contribution in [-0.4, -0.2) is 41.7 Å². The Hall–Kier alpha value is -2.08. The fourth-order valence-electron chi connectivity index (χ4n) is 2.51. The Balaban J connectivity index is 1.97. The first kappa shape index (κ1) is 18.3. The van der Waals surface area contributed by atoms with Crippen LogP contribution in [0.4, 0.5) is 0 Å². The molecule has 24 heavy (non-hydrogen) atoms. The Morgan fingerprint density at radius 1 is 1.29 bits per heavy atom. The largest absolute Gasteiger partial charge is 0.490 e. The summed E-state index contributed by atoms with van der Waals surface area (Å²) in [6.07, 6.45) is 4.85. The Labute approximate surface area is 143 Å². The van der Waals surface area contributed by atoms with E-state index in [0.29, 0.717) is 42.5 Å². The van der Waals surface area contributed by atoms with Crippen LogP contribution >= 0.6 is 0 Å². The van der Waals surface area contributed by atoms with Crippen molar-refractivity contribution in [1.82, 2.24) is 14.7 Å². The van der Waals surface area contributed by atoms with E-state index in [1.807, 2.05) is 32.2 Å². The van der Waals surface area contributed by atoms with Gasteiger partial charge in [0.2, 0.25) is 0 Å². The summed E-state index contributed by atoms with van der Waals surface area (Å²) in [5.41, 5.74) is 1.92. The van der Waals surface area contributed by atoms with E-state index in [0.717, 1.165) is 25.9 Å². The molecule has 0 fully saturated rings. The predicted molar refractivity (Wildman–Crippen MR) is 93.8 cm³/mol. The Kier molecular flexibility index (Phi) is 7.06. The van der Waals surface area contributed by atoms with Gasteiger partial charge in [-0.2, -0.15) is 0 Å². The molecule has 0 saturated carbocycles. The van der Waals surface area contributed by atoms with Crippen LogP contribution in [0, 0.1) is 6.92 Å². The number of ether oxygens (including phenoxy) is 2. The second-order valence-corrected chi connectivity index (χ2v) is 5.62. The van der Waals surface area contributed by atoms with Gasteiger partial charge in [0.1, 0.15) is 5.69 Å². The van der Waals surface area contributed by atoms with Gasteiger partial charge < -0.3 is 14.8 Å². The quantitative estimate of drug-likeness (QED) is 0.679. The van der Waals surface area contributed by atoms with Gasteiger partial charge in [0.25, 0.3) is 5.91 Å². The summed E-state index contributed by atoms with van der Waals surface area (Å²) >= 11 is 0. The molecule has 0 aromatic carbocycles. The van der Waals surface area contributed by atoms with E-state index >= 15 is 0 Å². The van der Waals surface area contributed by atoms with Crippen molar-refractivity contribution in [3.63, 3.8) is 0 Å². The van der Waals surface area contributed by atoms with Gasteiger partial charge in [-0.1, -0.05) is 13.3 Å². The fraction of sp³-hybridized carbons (Fsp3) is 0.556. The molecule has 2 aromatic rings. The van der Waals surface area contributed by atoms with Crippen molar-refractivity contribution in [2.45, 2.75) is 40.0 Å². The molecule has 0 atom stereocenters. The summed E-state index contributed by atoms with van der Waals surface area (Å²) in [6, 6.07) is 3.72. The molecule has 0 spiro atoms. The highest BCUT2D eigenvalue weighted by Gasteiger charge is 2.18. The molecule has 2 heterocycles. The van der Waals surface area contributed by atoms with Crippen LogP contribution in [-0.2, 0) is 4.74 Å². The second kappa shape index (κ2) is 9.27. The molecule has 6 heteroatoms. The van der Waals surface area contributed by atoms with Gasteiger partial charge in [-0.3, -0.25) is 9.20 Å². The SMILES string of the molecule is CCCCOCCCNC(=O)c1c(C)nc2c(OCC)cccn12. The molecule has 1 amide bonds. The van der Waals surface area contributed by atoms with Crippen LogP contribution in [0.25, 0.3) is 5.65 Å². The highest BCUT2D eigenvalue weighted by atomic mass is 16.5. The lowest BCUT2D eigenvalue weighted by Crippen LogP contribution is -2.27. The maximum Gasteiger partial charge on any atom is 0.270 e. The third kappa shape index (κ3) is 4.47. The lowest BCUT2D eigenvalue weighted by Gasteiger charge is -2.08. The number of nitrogens with zero attached hydrogens (tertiary/aromatic N) is 2. The van der Waals surface area contributed by atoms with Crippen LogP contribution in [0.2, 0.25) is 0 Å². The standard InChI is InChI=1S/C18H27N3O3/c1-4-6-12-23-13-8-10-19-18(22)16-14(3)20-17-15(24-5-2)9-7-11-21(16)17/h7,9,11H,4-6,8,10,12-13H2,1-3H3,(H,19,22). The van der Waals surface area contributed by atoms with Gasteiger partial charge in [0.05, 0.1) is 12.3 Å². The van der Waals surface area contributed by atoms with E-state index in [9.17, 15) is 4.79 Å². The third-order valence-electron chi connectivity index (χ3n) is 3.70. The first-order valence-corrected chi connectivity index (χ1v) is 8.65. The molecule has 6 nitrogen and oxygen atoms in total. The Morgan fingerprint density at radius 2 is 2.08 bits per heavy atom. The number of fused-ring (bicyclic) bond motifs is 1. The van der Waals surface area contributed by atoms with Crippen LogP contribution in [0.3, 0.4) is 0 Å². The maximum atomic E-state index is 12.5. The number of rotatable bonds is 10. The summed E-state index contributed by atoms with van der Waals surface area (Å²) < 4.78 is 12.9. The molecule has 132 valence electrons. The summed E-state index contributed by atoms with van der Waals surface area (Å²) in [6.45, 7) is 8.51. The molecule has 0 aliphatic carbocycles. The number of unbranched alkanes of at least 4 members (excludes halogenated alkanes) is 1. The summed E-state index contributed by atoms with van der Waals surface area (Å²) in [5, 5.41) is 2.94. The number of hydrogen-bond donors (Lipinski definition) is 1. The molecule has 0 bridgehead atoms. The minimum atomic E-state index is -0.123. The summed E-state index contributed by atoms with van der Waals surface area (Å²) in [5.74, 6) is 0.564. The van der Waals surface area contributed by atoms with Crippen molar-refractivity contribution in [3.8, 4) is 5.75 Å². The molecule has 0 aliphatic rings. The number of carbonyl (C=O) groups is 1. The highest BCUT2D eigenvalue weighted by Crippen LogP contribution is 2.21. The Morgan fingerprint density at radius 3 is 2.83 bits per heavy atom. The van der Waals surface area contributed by atoms with Crippen molar-refractivity contribution < 1.29 is 14.3 Å². The van der Waals surface area contributed by atoms with Crippen molar-refractivity contribution in [3.05, 3.63) is 29.7 Å². The van der Waals surface area contributed by atoms with Gasteiger partial charge in [-0.05, 0) is 38.8 Å². The summed E-state index contributed by atoms with van der Waals surface area (Å²) in [4.78, 5) is 17.0. The van der Waals surface area contributed by atoms with E-state index < -0.39 is 0 Å². The lowest BCUT2D eigenvalue weighted by atomic mass is 10.3. The normalized spacial score (nSPS) is 11.0. The molecule has 0 radical (unpaired) electrons. The lowest BCUT2D eigenvalue weighted by molar-refractivity contribution is 0.0934. The molecule has 1 N–H and O–H groups in total. The predicted octanol–water partition coefficient (Wildman–Crippen LogP) is 2.98. The fourth-order valence-corrected chi connectivity index (χ4v) is 2.51. The van der Waals surface area contributed by atoms with E-state index in [1.165, 1.54) is 0 Å². The minimum absolute atomic E-state index is 0.123. The zero-order valence-electron chi connectivity index (χ0n) is 14.8. The third-order valence-corrected chi connectivity index (χ3v) is 3.70. The maximum absolute atomic E-state index is 12.5. The molecule has 2 rings (SSSR count). The number of carbonyl (C=O) groups excluding carboxylic acids is 1. The highest BCUT2D eigenvalue weighted by molar-refractivity contribution is 5.94. The van der Waals surface area contributed by atoms with E-state index in [4.69, 9.17) is 9.47 Å². The number of imidazole rings is 1. The smallest absolute Gasteiger partial charge is 0.270 e. The number of nitrogens with one attached hydrogen (secondary N) is 1. The van der Waals surface area contributed by atoms with Gasteiger partial charge in [0.15, 0.2) is 11.4 Å². The summed E-state index contributed by atoms with van der Waals surface area (Å²) in [7, 11) is 0. The van der Waals surface area contributed by atoms with Crippen molar-refractivity contribution in [2.75, 3.05) is 26.4 Å². The minimum Gasteiger partial charge on any atom is -0.490 e. The molecule has 2 aromatic heterocycles. The molecule has 0 unspecified atom stereocenters. The zero-order chi connectivity index (χ0) is 17.4. The number of amides is 1. The van der Waals surface area contributed by atoms with Crippen LogP contribution in [0.1, 0.15) is 49.3 Å². The van der Waals surface area contributed by atoms with Gasteiger partial charge in [0, 0.05) is 26.0 Å². The molecule has 0 saturated heterocycles. The zero-order valence-corrected chi connectivity index (χ0v) is 14.8. The van der Waals surface area contributed by atoms with Crippen molar-refractivity contribution in [1.29, 1.82) is 0 Å². The Bertz CT molecular complexity index is 667. The monoisotopic (exact) mass is 333 g/mol. The second-order valence-electron chi connectivity index (χ2n) is 5.62. The average molecular weight is 333 g/mol. The molecule has 0 aliphatic heterocycles. The van der Waals surface area contributed by atoms with Crippen LogP contribution in [0.5, 0.6) is 5.75 Å². The average Bonchev–Trinajstić information content (AvgIpc) is 2.91. The number of aryl methyl sites for hydroxylation is 1. The molecular weight excluding hydrogens is 306 g/mol. The van der Waals surface area contributed by atoms with Crippen molar-refractivity contribution >= 4 is 11.6 Å². The van der Waals surface area contributed by atoms with Crippen LogP contribution < -0.4 is 10.1 Å². The first-order chi connectivity index (χ1) is 11.7. The van der Waals surface area contributed by atoms with Crippen LogP contribution in [0.15, 0.2) is 18.3 Å². The number of aromatic nitrogens is 2. The molecular formula is C18H27N3O3. The number of hydrogen-bond acceptors (Lipinski definition) is 4. The topological polar surface area (TPSA) is 64.9 Å². The van der Waals surface area contributed by atoms with Gasteiger partial charge >= 0.3 is 0 Å². The van der Waals surface area contributed by atoms with Gasteiger partial charge in [-0.25, -0.2) is 4.98 Å².